The number of aryl methyl sites for hydroxylation is 2. The molecule has 0 saturated heterocycles. The van der Waals surface area contributed by atoms with Crippen LogP contribution in [0.5, 0.6) is 0 Å². The minimum absolute atomic E-state index is 0.0482. The molecule has 0 bridgehead atoms. The van der Waals surface area contributed by atoms with Crippen molar-refractivity contribution in [2.75, 3.05) is 25.0 Å². The Morgan fingerprint density at radius 1 is 1.53 bits per heavy atom. The SMILES string of the molecule is Cc1n[nH]c(C)c1NC(=O)CN(CCO)C1CCC1. The van der Waals surface area contributed by atoms with Crippen LogP contribution in [0.1, 0.15) is 30.7 Å². The van der Waals surface area contributed by atoms with E-state index in [9.17, 15) is 4.79 Å². The number of anilines is 1. The molecule has 1 aliphatic rings. The van der Waals surface area contributed by atoms with Crippen LogP contribution in [0.25, 0.3) is 0 Å². The van der Waals surface area contributed by atoms with Gasteiger partial charge in [0.05, 0.1) is 30.2 Å². The molecule has 6 heteroatoms. The highest BCUT2D eigenvalue weighted by Crippen LogP contribution is 2.24. The van der Waals surface area contributed by atoms with Crippen molar-refractivity contribution in [3.8, 4) is 0 Å². The monoisotopic (exact) mass is 266 g/mol. The van der Waals surface area contributed by atoms with Gasteiger partial charge in [-0.25, -0.2) is 0 Å². The largest absolute Gasteiger partial charge is 0.395 e. The fourth-order valence-electron chi connectivity index (χ4n) is 2.37. The van der Waals surface area contributed by atoms with Crippen LogP contribution in [0.15, 0.2) is 0 Å². The summed E-state index contributed by atoms with van der Waals surface area (Å²) in [6, 6.07) is 0.449. The zero-order valence-corrected chi connectivity index (χ0v) is 11.6. The topological polar surface area (TPSA) is 81.2 Å². The van der Waals surface area contributed by atoms with Gasteiger partial charge < -0.3 is 10.4 Å². The van der Waals surface area contributed by atoms with Gasteiger partial charge in [-0.1, -0.05) is 6.42 Å². The van der Waals surface area contributed by atoms with Gasteiger partial charge in [0.2, 0.25) is 5.91 Å². The fourth-order valence-corrected chi connectivity index (χ4v) is 2.37. The number of rotatable bonds is 6. The molecule has 1 aliphatic carbocycles. The Kier molecular flexibility index (Phi) is 4.55. The van der Waals surface area contributed by atoms with Crippen LogP contribution in [0.2, 0.25) is 0 Å². The number of carbonyl (C=O) groups is 1. The summed E-state index contributed by atoms with van der Waals surface area (Å²) in [5, 5.41) is 18.9. The van der Waals surface area contributed by atoms with Crippen molar-refractivity contribution >= 4 is 11.6 Å². The van der Waals surface area contributed by atoms with E-state index < -0.39 is 0 Å². The minimum atomic E-state index is -0.0482. The lowest BCUT2D eigenvalue weighted by atomic mass is 9.91. The first-order valence-electron chi connectivity index (χ1n) is 6.78. The van der Waals surface area contributed by atoms with Gasteiger partial charge in [-0.2, -0.15) is 5.10 Å². The summed E-state index contributed by atoms with van der Waals surface area (Å²) in [5.74, 6) is -0.0482. The molecule has 1 saturated carbocycles. The van der Waals surface area contributed by atoms with E-state index in [1.165, 1.54) is 6.42 Å². The Hall–Kier alpha value is -1.40. The molecule has 0 aliphatic heterocycles. The number of carbonyl (C=O) groups excluding carboxylic acids is 1. The summed E-state index contributed by atoms with van der Waals surface area (Å²) in [5.41, 5.74) is 2.42. The van der Waals surface area contributed by atoms with Gasteiger partial charge in [-0.15, -0.1) is 0 Å². The van der Waals surface area contributed by atoms with E-state index in [4.69, 9.17) is 5.11 Å². The molecule has 1 heterocycles. The average Bonchev–Trinajstić information content (AvgIpc) is 2.59. The number of aliphatic hydroxyl groups is 1. The van der Waals surface area contributed by atoms with E-state index in [1.807, 2.05) is 13.8 Å². The molecular weight excluding hydrogens is 244 g/mol. The lowest BCUT2D eigenvalue weighted by molar-refractivity contribution is -0.118. The predicted molar refractivity (Wildman–Crippen MR) is 73.0 cm³/mol. The number of aliphatic hydroxyl groups excluding tert-OH is 1. The lowest BCUT2D eigenvalue weighted by Gasteiger charge is -2.36. The van der Waals surface area contributed by atoms with Crippen LogP contribution in [-0.4, -0.2) is 51.8 Å². The third kappa shape index (κ3) is 3.33. The first kappa shape index (κ1) is 14.0. The van der Waals surface area contributed by atoms with Crippen LogP contribution in [0.4, 0.5) is 5.69 Å². The van der Waals surface area contributed by atoms with Gasteiger partial charge in [0, 0.05) is 12.6 Å². The van der Waals surface area contributed by atoms with E-state index in [0.717, 1.165) is 29.9 Å². The van der Waals surface area contributed by atoms with Crippen LogP contribution in [-0.2, 0) is 4.79 Å². The van der Waals surface area contributed by atoms with Crippen molar-refractivity contribution in [3.05, 3.63) is 11.4 Å². The van der Waals surface area contributed by atoms with Gasteiger partial charge in [0.25, 0.3) is 0 Å². The van der Waals surface area contributed by atoms with Crippen molar-refractivity contribution in [2.45, 2.75) is 39.2 Å². The third-order valence-electron chi connectivity index (χ3n) is 3.72. The van der Waals surface area contributed by atoms with Crippen molar-refractivity contribution in [3.63, 3.8) is 0 Å². The van der Waals surface area contributed by atoms with Crippen LogP contribution >= 0.6 is 0 Å². The zero-order valence-electron chi connectivity index (χ0n) is 11.6. The first-order valence-corrected chi connectivity index (χ1v) is 6.78. The molecule has 0 spiro atoms. The molecule has 6 nitrogen and oxygen atoms in total. The van der Waals surface area contributed by atoms with Gasteiger partial charge in [-0.3, -0.25) is 14.8 Å². The number of hydrogen-bond acceptors (Lipinski definition) is 4. The Labute approximate surface area is 113 Å². The number of hydrogen-bond donors (Lipinski definition) is 3. The Morgan fingerprint density at radius 2 is 2.26 bits per heavy atom. The van der Waals surface area contributed by atoms with Gasteiger partial charge in [-0.05, 0) is 26.7 Å². The maximum Gasteiger partial charge on any atom is 0.238 e. The molecule has 19 heavy (non-hydrogen) atoms. The maximum absolute atomic E-state index is 12.1. The third-order valence-corrected chi connectivity index (χ3v) is 3.72. The lowest BCUT2D eigenvalue weighted by Crippen LogP contribution is -2.45. The summed E-state index contributed by atoms with van der Waals surface area (Å²) in [6.07, 6.45) is 3.46. The molecule has 1 fully saturated rings. The van der Waals surface area contributed by atoms with E-state index >= 15 is 0 Å². The molecule has 1 amide bonds. The van der Waals surface area contributed by atoms with Crippen molar-refractivity contribution in [1.29, 1.82) is 0 Å². The molecule has 1 aromatic heterocycles. The standard InChI is InChI=1S/C13H22N4O2/c1-9-13(10(2)16-15-9)14-12(19)8-17(6-7-18)11-4-3-5-11/h11,18H,3-8H2,1-2H3,(H,14,19)(H,15,16). The van der Waals surface area contributed by atoms with Gasteiger partial charge in [0.15, 0.2) is 0 Å². The number of aromatic nitrogens is 2. The van der Waals surface area contributed by atoms with Gasteiger partial charge >= 0.3 is 0 Å². The van der Waals surface area contributed by atoms with Crippen molar-refractivity contribution in [2.24, 2.45) is 0 Å². The number of aromatic amines is 1. The highest BCUT2D eigenvalue weighted by molar-refractivity contribution is 5.93. The van der Waals surface area contributed by atoms with E-state index in [-0.39, 0.29) is 12.5 Å². The summed E-state index contributed by atoms with van der Waals surface area (Å²) in [4.78, 5) is 14.1. The Bertz CT molecular complexity index is 420. The number of amides is 1. The maximum atomic E-state index is 12.1. The van der Waals surface area contributed by atoms with E-state index in [1.54, 1.807) is 0 Å². The summed E-state index contributed by atoms with van der Waals surface area (Å²) >= 11 is 0. The smallest absolute Gasteiger partial charge is 0.238 e. The highest BCUT2D eigenvalue weighted by Gasteiger charge is 2.26. The summed E-state index contributed by atoms with van der Waals surface area (Å²) in [6.45, 7) is 4.72. The normalized spacial score (nSPS) is 15.6. The summed E-state index contributed by atoms with van der Waals surface area (Å²) < 4.78 is 0. The molecule has 2 rings (SSSR count). The average molecular weight is 266 g/mol. The molecule has 0 radical (unpaired) electrons. The Morgan fingerprint density at radius 3 is 2.74 bits per heavy atom. The number of nitrogens with one attached hydrogen (secondary N) is 2. The predicted octanol–water partition coefficient (Wildman–Crippen LogP) is 0.812. The quantitative estimate of drug-likeness (QED) is 0.712. The van der Waals surface area contributed by atoms with Gasteiger partial charge in [0.1, 0.15) is 0 Å². The second kappa shape index (κ2) is 6.16. The minimum Gasteiger partial charge on any atom is -0.395 e. The zero-order chi connectivity index (χ0) is 13.8. The molecular formula is C13H22N4O2. The highest BCUT2D eigenvalue weighted by atomic mass is 16.3. The van der Waals surface area contributed by atoms with E-state index in [2.05, 4.69) is 20.4 Å². The molecule has 1 aromatic rings. The summed E-state index contributed by atoms with van der Waals surface area (Å²) in [7, 11) is 0. The second-order valence-corrected chi connectivity index (χ2v) is 5.14. The molecule has 0 unspecified atom stereocenters. The number of nitrogens with zero attached hydrogens (tertiary/aromatic N) is 2. The molecule has 0 aromatic carbocycles. The molecule has 106 valence electrons. The van der Waals surface area contributed by atoms with Crippen LogP contribution in [0, 0.1) is 13.8 Å². The van der Waals surface area contributed by atoms with E-state index in [0.29, 0.717) is 19.1 Å². The Balaban J connectivity index is 1.92. The second-order valence-electron chi connectivity index (χ2n) is 5.14. The number of H-pyrrole nitrogens is 1. The van der Waals surface area contributed by atoms with Crippen LogP contribution < -0.4 is 5.32 Å². The fraction of sp³-hybridized carbons (Fsp3) is 0.692. The molecule has 3 N–H and O–H groups in total. The molecule has 0 atom stereocenters. The van der Waals surface area contributed by atoms with Crippen molar-refractivity contribution in [1.82, 2.24) is 15.1 Å². The first-order chi connectivity index (χ1) is 9.11. The van der Waals surface area contributed by atoms with Crippen molar-refractivity contribution < 1.29 is 9.90 Å². The van der Waals surface area contributed by atoms with Crippen LogP contribution in [0.3, 0.4) is 0 Å².